The lowest BCUT2D eigenvalue weighted by Gasteiger charge is -2.46. The van der Waals surface area contributed by atoms with Crippen LogP contribution in [0.1, 0.15) is 82.1 Å². The van der Waals surface area contributed by atoms with Gasteiger partial charge in [0.15, 0.2) is 0 Å². The summed E-state index contributed by atoms with van der Waals surface area (Å²) in [5.41, 5.74) is 1.12. The van der Waals surface area contributed by atoms with Crippen molar-refractivity contribution in [2.24, 2.45) is 22.2 Å². The van der Waals surface area contributed by atoms with Gasteiger partial charge >= 0.3 is 0 Å². The fraction of sp³-hybridized carbons (Fsp3) is 0.941. The van der Waals surface area contributed by atoms with E-state index in [1.807, 2.05) is 0 Å². The smallest absolute Gasteiger partial charge is 0.0244 e. The SMILES string of the molecule is CCC(CC(C)(C)C(C)(C)C)C(C)(C)[C](C)C. The standard InChI is InChI=1S/C17H35/c1-11-14(17(9,10)13(2)3)12-16(7,8)15(4,5)6/h14H,11-12H2,1-10H3. The first-order valence-corrected chi connectivity index (χ1v) is 7.17. The van der Waals surface area contributed by atoms with Gasteiger partial charge in [-0.25, -0.2) is 0 Å². The third-order valence-electron chi connectivity index (χ3n) is 5.59. The Kier molecular flexibility index (Phi) is 5.33. The maximum absolute atomic E-state index is 2.43. The Morgan fingerprint density at radius 3 is 1.53 bits per heavy atom. The predicted molar refractivity (Wildman–Crippen MR) is 80.0 cm³/mol. The lowest BCUT2D eigenvalue weighted by Crippen LogP contribution is -2.37. The van der Waals surface area contributed by atoms with Gasteiger partial charge in [0.05, 0.1) is 0 Å². The van der Waals surface area contributed by atoms with Crippen molar-refractivity contribution in [3.05, 3.63) is 5.92 Å². The van der Waals surface area contributed by atoms with Crippen LogP contribution in [0.2, 0.25) is 0 Å². The van der Waals surface area contributed by atoms with Crippen LogP contribution >= 0.6 is 0 Å². The van der Waals surface area contributed by atoms with Gasteiger partial charge in [0.1, 0.15) is 0 Å². The highest BCUT2D eigenvalue weighted by molar-refractivity contribution is 5.00. The Hall–Kier alpha value is 0. The molecule has 0 fully saturated rings. The molecule has 0 spiro atoms. The first-order valence-electron chi connectivity index (χ1n) is 7.17. The Bertz CT molecular complexity index is 225. The van der Waals surface area contributed by atoms with Gasteiger partial charge in [0, 0.05) is 0 Å². The van der Waals surface area contributed by atoms with E-state index in [1.165, 1.54) is 12.8 Å². The summed E-state index contributed by atoms with van der Waals surface area (Å²) in [6.07, 6.45) is 2.59. The first kappa shape index (κ1) is 17.0. The highest BCUT2D eigenvalue weighted by Gasteiger charge is 2.40. The molecule has 0 heterocycles. The molecule has 0 saturated carbocycles. The second-order valence-corrected chi connectivity index (χ2v) is 8.16. The van der Waals surface area contributed by atoms with E-state index >= 15 is 0 Å². The zero-order valence-corrected chi connectivity index (χ0v) is 14.0. The molecule has 0 aromatic heterocycles. The zero-order chi connectivity index (χ0) is 14.1. The van der Waals surface area contributed by atoms with E-state index in [4.69, 9.17) is 0 Å². The molecule has 0 nitrogen and oxygen atoms in total. The molecular weight excluding hydrogens is 204 g/mol. The summed E-state index contributed by atoms with van der Waals surface area (Å²) in [6.45, 7) is 23.7. The minimum absolute atomic E-state index is 0.358. The first-order chi connectivity index (χ1) is 7.36. The van der Waals surface area contributed by atoms with Crippen LogP contribution in [-0.2, 0) is 0 Å². The molecule has 0 aromatic rings. The minimum Gasteiger partial charge on any atom is -0.0651 e. The van der Waals surface area contributed by atoms with Gasteiger partial charge < -0.3 is 0 Å². The third-order valence-corrected chi connectivity index (χ3v) is 5.59. The summed E-state index contributed by atoms with van der Waals surface area (Å²) in [5.74, 6) is 2.34. The summed E-state index contributed by atoms with van der Waals surface area (Å²) in [5, 5.41) is 0. The van der Waals surface area contributed by atoms with Crippen LogP contribution < -0.4 is 0 Å². The number of hydrogen-bond acceptors (Lipinski definition) is 0. The number of rotatable bonds is 5. The van der Waals surface area contributed by atoms with Crippen LogP contribution in [-0.4, -0.2) is 0 Å². The molecule has 0 heteroatoms. The molecule has 0 aliphatic heterocycles. The second kappa shape index (κ2) is 5.33. The van der Waals surface area contributed by atoms with Crippen molar-refractivity contribution in [3.8, 4) is 0 Å². The van der Waals surface area contributed by atoms with Crippen LogP contribution in [0.25, 0.3) is 0 Å². The highest BCUT2D eigenvalue weighted by atomic mass is 14.4. The molecule has 0 saturated heterocycles. The Balaban J connectivity index is 4.96. The third kappa shape index (κ3) is 4.00. The molecule has 0 N–H and O–H groups in total. The summed E-state index contributed by atoms with van der Waals surface area (Å²) in [6, 6.07) is 0. The molecule has 1 radical (unpaired) electrons. The van der Waals surface area contributed by atoms with Crippen LogP contribution in [0.5, 0.6) is 0 Å². The molecule has 0 aliphatic carbocycles. The second-order valence-electron chi connectivity index (χ2n) is 8.16. The van der Waals surface area contributed by atoms with E-state index in [1.54, 1.807) is 5.92 Å². The van der Waals surface area contributed by atoms with Gasteiger partial charge in [-0.05, 0) is 34.5 Å². The normalized spacial score (nSPS) is 16.4. The maximum Gasteiger partial charge on any atom is -0.0244 e. The van der Waals surface area contributed by atoms with Gasteiger partial charge in [0.25, 0.3) is 0 Å². The van der Waals surface area contributed by atoms with E-state index in [2.05, 4.69) is 69.2 Å². The summed E-state index contributed by atoms with van der Waals surface area (Å²) < 4.78 is 0. The Morgan fingerprint density at radius 2 is 1.29 bits per heavy atom. The van der Waals surface area contributed by atoms with Gasteiger partial charge in [-0.2, -0.15) is 0 Å². The highest BCUT2D eigenvalue weighted by Crippen LogP contribution is 2.49. The lowest BCUT2D eigenvalue weighted by molar-refractivity contribution is 0.0582. The van der Waals surface area contributed by atoms with Crippen molar-refractivity contribution in [2.45, 2.75) is 82.1 Å². The predicted octanol–water partition coefficient (Wildman–Crippen LogP) is 6.12. The van der Waals surface area contributed by atoms with Crippen molar-refractivity contribution >= 4 is 0 Å². The van der Waals surface area contributed by atoms with E-state index in [0.29, 0.717) is 16.2 Å². The minimum atomic E-state index is 0.358. The van der Waals surface area contributed by atoms with Crippen LogP contribution in [0.3, 0.4) is 0 Å². The number of hydrogen-bond donors (Lipinski definition) is 0. The molecule has 0 aromatic carbocycles. The Labute approximate surface area is 111 Å². The zero-order valence-electron chi connectivity index (χ0n) is 14.0. The Morgan fingerprint density at radius 1 is 0.882 bits per heavy atom. The molecule has 1 unspecified atom stereocenters. The van der Waals surface area contributed by atoms with Crippen LogP contribution in [0.4, 0.5) is 0 Å². The largest absolute Gasteiger partial charge is 0.0651 e. The summed E-state index contributed by atoms with van der Waals surface area (Å²) in [4.78, 5) is 0. The monoisotopic (exact) mass is 239 g/mol. The maximum atomic E-state index is 2.43. The quantitative estimate of drug-likeness (QED) is 0.542. The van der Waals surface area contributed by atoms with Gasteiger partial charge in [-0.15, -0.1) is 0 Å². The van der Waals surface area contributed by atoms with Crippen molar-refractivity contribution in [1.29, 1.82) is 0 Å². The fourth-order valence-electron chi connectivity index (χ4n) is 2.24. The fourth-order valence-corrected chi connectivity index (χ4v) is 2.24. The van der Waals surface area contributed by atoms with Crippen LogP contribution in [0.15, 0.2) is 0 Å². The molecule has 103 valence electrons. The average molecular weight is 239 g/mol. The average Bonchev–Trinajstić information content (AvgIpc) is 2.11. The van der Waals surface area contributed by atoms with Gasteiger partial charge in [0.2, 0.25) is 0 Å². The molecular formula is C17H35. The van der Waals surface area contributed by atoms with E-state index in [-0.39, 0.29) is 0 Å². The lowest BCUT2D eigenvalue weighted by atomic mass is 9.59. The van der Waals surface area contributed by atoms with Gasteiger partial charge in [-0.1, -0.05) is 75.7 Å². The van der Waals surface area contributed by atoms with Crippen molar-refractivity contribution in [2.75, 3.05) is 0 Å². The van der Waals surface area contributed by atoms with Crippen molar-refractivity contribution in [3.63, 3.8) is 0 Å². The summed E-state index contributed by atoms with van der Waals surface area (Å²) >= 11 is 0. The van der Waals surface area contributed by atoms with Gasteiger partial charge in [-0.3, -0.25) is 0 Å². The molecule has 0 bridgehead atoms. The van der Waals surface area contributed by atoms with E-state index in [9.17, 15) is 0 Å². The van der Waals surface area contributed by atoms with E-state index < -0.39 is 0 Å². The molecule has 17 heavy (non-hydrogen) atoms. The molecule has 0 aliphatic rings. The topological polar surface area (TPSA) is 0 Å². The molecule has 1 atom stereocenters. The molecule has 0 rings (SSSR count). The van der Waals surface area contributed by atoms with E-state index in [0.717, 1.165) is 5.92 Å². The van der Waals surface area contributed by atoms with Crippen molar-refractivity contribution < 1.29 is 0 Å². The van der Waals surface area contributed by atoms with Crippen molar-refractivity contribution in [1.82, 2.24) is 0 Å². The molecule has 0 amide bonds. The summed E-state index contributed by atoms with van der Waals surface area (Å²) in [7, 11) is 0. The van der Waals surface area contributed by atoms with Crippen LogP contribution in [0, 0.1) is 28.1 Å².